The third-order valence-corrected chi connectivity index (χ3v) is 3.60. The van der Waals surface area contributed by atoms with E-state index in [1.54, 1.807) is 11.0 Å². The average Bonchev–Trinajstić information content (AvgIpc) is 2.60. The Kier molecular flexibility index (Phi) is 3.82. The highest BCUT2D eigenvalue weighted by atomic mass is 16.3. The Morgan fingerprint density at radius 3 is 2.75 bits per heavy atom. The maximum atomic E-state index is 12.6. The molecule has 1 aliphatic heterocycles. The molecule has 1 amide bonds. The molecule has 1 unspecified atom stereocenters. The molecule has 2 rings (SSSR count). The molecule has 0 radical (unpaired) electrons. The van der Waals surface area contributed by atoms with Crippen molar-refractivity contribution in [3.63, 3.8) is 0 Å². The van der Waals surface area contributed by atoms with Gasteiger partial charge in [-0.1, -0.05) is 35.4 Å². The first-order valence-electron chi connectivity index (χ1n) is 6.80. The third-order valence-electron chi connectivity index (χ3n) is 3.60. The quantitative estimate of drug-likeness (QED) is 0.855. The number of amides is 1. The minimum Gasteiger partial charge on any atom is -0.375 e. The molecule has 0 saturated heterocycles. The number of rotatable bonds is 4. The van der Waals surface area contributed by atoms with Crippen LogP contribution in [0.5, 0.6) is 0 Å². The molecule has 106 valence electrons. The van der Waals surface area contributed by atoms with Crippen molar-refractivity contribution in [2.24, 2.45) is 0 Å². The van der Waals surface area contributed by atoms with Gasteiger partial charge in [-0.2, -0.15) is 0 Å². The van der Waals surface area contributed by atoms with Crippen molar-refractivity contribution in [3.05, 3.63) is 53.6 Å². The number of hydrogen-bond donors (Lipinski definition) is 1. The van der Waals surface area contributed by atoms with Crippen molar-refractivity contribution in [3.8, 4) is 0 Å². The smallest absolute Gasteiger partial charge is 0.264 e. The fraction of sp³-hybridized carbons (Fsp3) is 0.353. The Morgan fingerprint density at radius 2 is 2.15 bits per heavy atom. The molecule has 0 aliphatic carbocycles. The van der Waals surface area contributed by atoms with Crippen LogP contribution in [0.15, 0.2) is 42.5 Å². The predicted molar refractivity (Wildman–Crippen MR) is 81.7 cm³/mol. The number of nitrogens with zero attached hydrogens (tertiary/aromatic N) is 1. The van der Waals surface area contributed by atoms with Gasteiger partial charge in [0.2, 0.25) is 0 Å². The molecule has 0 spiro atoms. The molecule has 1 N–H and O–H groups in total. The Balaban J connectivity index is 2.54. The number of allylic oxidation sites excluding steroid dienone is 1. The van der Waals surface area contributed by atoms with E-state index < -0.39 is 5.60 Å². The van der Waals surface area contributed by atoms with Gasteiger partial charge in [0.25, 0.3) is 5.91 Å². The summed E-state index contributed by atoms with van der Waals surface area (Å²) in [4.78, 5) is 14.2. The normalized spacial score (nSPS) is 20.8. The second-order valence-corrected chi connectivity index (χ2v) is 5.57. The first-order valence-corrected chi connectivity index (χ1v) is 6.80. The zero-order valence-corrected chi connectivity index (χ0v) is 12.3. The standard InChI is InChI=1S/C17H21NO2/c1-5-10-18-15-7-6-13(4)11-14(15)17(20,16(18)19)9-8-12(2)3/h5-8,11,20H,1,9-10H2,2-4H3. The van der Waals surface area contributed by atoms with Crippen LogP contribution in [0, 0.1) is 6.92 Å². The van der Waals surface area contributed by atoms with E-state index in [9.17, 15) is 9.90 Å². The summed E-state index contributed by atoms with van der Waals surface area (Å²) in [6.07, 6.45) is 3.88. The lowest BCUT2D eigenvalue weighted by atomic mass is 9.90. The van der Waals surface area contributed by atoms with Gasteiger partial charge in [-0.3, -0.25) is 4.79 Å². The lowest BCUT2D eigenvalue weighted by Gasteiger charge is -2.21. The third kappa shape index (κ3) is 2.29. The van der Waals surface area contributed by atoms with Crippen LogP contribution in [0.25, 0.3) is 0 Å². The Bertz CT molecular complexity index is 585. The van der Waals surface area contributed by atoms with Crippen LogP contribution in [0.3, 0.4) is 0 Å². The van der Waals surface area contributed by atoms with Crippen molar-refractivity contribution >= 4 is 11.6 Å². The van der Waals surface area contributed by atoms with E-state index in [4.69, 9.17) is 0 Å². The number of aryl methyl sites for hydroxylation is 1. The summed E-state index contributed by atoms with van der Waals surface area (Å²) in [6.45, 7) is 9.97. The molecular formula is C17H21NO2. The number of carbonyl (C=O) groups is 1. The molecule has 1 aromatic rings. The summed E-state index contributed by atoms with van der Waals surface area (Å²) < 4.78 is 0. The van der Waals surface area contributed by atoms with Crippen molar-refractivity contribution in [2.75, 3.05) is 11.4 Å². The van der Waals surface area contributed by atoms with Gasteiger partial charge in [-0.15, -0.1) is 6.58 Å². The van der Waals surface area contributed by atoms with Crippen LogP contribution in [-0.2, 0) is 10.4 Å². The van der Waals surface area contributed by atoms with Gasteiger partial charge in [0, 0.05) is 18.5 Å². The topological polar surface area (TPSA) is 40.5 Å². The molecule has 0 bridgehead atoms. The van der Waals surface area contributed by atoms with Gasteiger partial charge in [0.05, 0.1) is 5.69 Å². The van der Waals surface area contributed by atoms with Crippen LogP contribution >= 0.6 is 0 Å². The Hall–Kier alpha value is -1.87. The van der Waals surface area contributed by atoms with E-state index in [1.807, 2.05) is 45.0 Å². The lowest BCUT2D eigenvalue weighted by molar-refractivity contribution is -0.135. The summed E-state index contributed by atoms with van der Waals surface area (Å²) in [5, 5.41) is 10.9. The molecular weight excluding hydrogens is 250 g/mol. The number of hydrogen-bond acceptors (Lipinski definition) is 2. The number of carbonyl (C=O) groups excluding carboxylic acids is 1. The molecule has 3 heteroatoms. The van der Waals surface area contributed by atoms with E-state index in [1.165, 1.54) is 0 Å². The molecule has 0 aromatic heterocycles. The molecule has 0 fully saturated rings. The zero-order chi connectivity index (χ0) is 14.9. The van der Waals surface area contributed by atoms with Crippen LogP contribution < -0.4 is 4.90 Å². The monoisotopic (exact) mass is 271 g/mol. The second-order valence-electron chi connectivity index (χ2n) is 5.57. The summed E-state index contributed by atoms with van der Waals surface area (Å²) >= 11 is 0. The van der Waals surface area contributed by atoms with Crippen molar-refractivity contribution < 1.29 is 9.90 Å². The highest BCUT2D eigenvalue weighted by molar-refractivity contribution is 6.07. The van der Waals surface area contributed by atoms with E-state index in [2.05, 4.69) is 6.58 Å². The zero-order valence-electron chi connectivity index (χ0n) is 12.3. The van der Waals surface area contributed by atoms with Gasteiger partial charge >= 0.3 is 0 Å². The highest BCUT2D eigenvalue weighted by Crippen LogP contribution is 2.43. The molecule has 1 heterocycles. The second kappa shape index (κ2) is 5.25. The van der Waals surface area contributed by atoms with Gasteiger partial charge in [-0.25, -0.2) is 0 Å². The minimum atomic E-state index is -1.46. The van der Waals surface area contributed by atoms with E-state index in [0.717, 1.165) is 16.8 Å². The molecule has 20 heavy (non-hydrogen) atoms. The van der Waals surface area contributed by atoms with Gasteiger partial charge < -0.3 is 10.0 Å². The molecule has 1 aromatic carbocycles. The van der Waals surface area contributed by atoms with Crippen molar-refractivity contribution in [1.82, 2.24) is 0 Å². The SMILES string of the molecule is C=CCN1C(=O)C(O)(CC=C(C)C)c2cc(C)ccc21. The van der Waals surface area contributed by atoms with Crippen LogP contribution in [0.2, 0.25) is 0 Å². The highest BCUT2D eigenvalue weighted by Gasteiger charge is 2.48. The fourth-order valence-electron chi connectivity index (χ4n) is 2.52. The Morgan fingerprint density at radius 1 is 1.45 bits per heavy atom. The van der Waals surface area contributed by atoms with Crippen LogP contribution in [0.1, 0.15) is 31.4 Å². The van der Waals surface area contributed by atoms with Gasteiger partial charge in [-0.05, 0) is 26.8 Å². The number of fused-ring (bicyclic) bond motifs is 1. The number of anilines is 1. The molecule has 0 saturated carbocycles. The lowest BCUT2D eigenvalue weighted by Crippen LogP contribution is -2.40. The summed E-state index contributed by atoms with van der Waals surface area (Å²) in [5.74, 6) is -0.268. The number of benzene rings is 1. The minimum absolute atomic E-state index is 0.268. The van der Waals surface area contributed by atoms with Crippen LogP contribution in [0.4, 0.5) is 5.69 Å². The maximum absolute atomic E-state index is 12.6. The van der Waals surface area contributed by atoms with Gasteiger partial charge in [0.1, 0.15) is 0 Å². The number of aliphatic hydroxyl groups is 1. The average molecular weight is 271 g/mol. The Labute approximate surface area is 120 Å². The molecule has 3 nitrogen and oxygen atoms in total. The first-order chi connectivity index (χ1) is 9.40. The van der Waals surface area contributed by atoms with E-state index >= 15 is 0 Å². The maximum Gasteiger partial charge on any atom is 0.264 e. The largest absolute Gasteiger partial charge is 0.375 e. The first kappa shape index (κ1) is 14.5. The van der Waals surface area contributed by atoms with Gasteiger partial charge in [0.15, 0.2) is 5.60 Å². The van der Waals surface area contributed by atoms with Crippen LogP contribution in [-0.4, -0.2) is 17.6 Å². The van der Waals surface area contributed by atoms with E-state index in [-0.39, 0.29) is 5.91 Å². The predicted octanol–water partition coefficient (Wildman–Crippen LogP) is 3.07. The fourth-order valence-corrected chi connectivity index (χ4v) is 2.52. The summed E-state index contributed by atoms with van der Waals surface area (Å²) in [6, 6.07) is 5.75. The van der Waals surface area contributed by atoms with E-state index in [0.29, 0.717) is 18.5 Å². The summed E-state index contributed by atoms with van der Waals surface area (Å²) in [5.41, 5.74) is 2.14. The molecule has 1 aliphatic rings. The summed E-state index contributed by atoms with van der Waals surface area (Å²) in [7, 11) is 0. The van der Waals surface area contributed by atoms with Crippen molar-refractivity contribution in [2.45, 2.75) is 32.8 Å². The van der Waals surface area contributed by atoms with Crippen molar-refractivity contribution in [1.29, 1.82) is 0 Å². The molecule has 1 atom stereocenters.